The molecule has 13 heteroatoms. The van der Waals surface area contributed by atoms with Gasteiger partial charge in [0.2, 0.25) is 5.95 Å². The molecule has 10 aromatic heterocycles. The smallest absolute Gasteiger partial charge is 0.235 e. The molecule has 0 unspecified atom stereocenters. The number of para-hydroxylation sites is 6. The van der Waals surface area contributed by atoms with Crippen LogP contribution in [0.5, 0.6) is 0 Å². The van der Waals surface area contributed by atoms with Crippen molar-refractivity contribution in [2.45, 2.75) is 0 Å². The highest BCUT2D eigenvalue weighted by atomic mass is 16.3. The van der Waals surface area contributed by atoms with E-state index >= 15 is 0 Å². The number of rotatable bonds is 11. The number of benzene rings is 20. The van der Waals surface area contributed by atoms with E-state index in [2.05, 4.69) is 359 Å². The Balaban J connectivity index is 0.000000104. The van der Waals surface area contributed by atoms with Gasteiger partial charge >= 0.3 is 0 Å². The highest BCUT2D eigenvalue weighted by Crippen LogP contribution is 2.48. The first-order valence-electron chi connectivity index (χ1n) is 47.3. The Hall–Kier alpha value is -19.2. The van der Waals surface area contributed by atoms with Crippen LogP contribution in [0.2, 0.25) is 0 Å². The lowest BCUT2D eigenvalue weighted by Gasteiger charge is -2.12. The van der Waals surface area contributed by atoms with Gasteiger partial charge in [-0.15, -0.1) is 0 Å². The van der Waals surface area contributed by atoms with E-state index in [1.54, 1.807) is 6.26 Å². The van der Waals surface area contributed by atoms with E-state index < -0.39 is 0 Å². The first-order chi connectivity index (χ1) is 69.9. The monoisotopic (exact) mass is 1800 g/mol. The quantitative estimate of drug-likeness (QED) is 0.123. The zero-order chi connectivity index (χ0) is 92.7. The van der Waals surface area contributed by atoms with Crippen molar-refractivity contribution >= 4 is 175 Å². The van der Waals surface area contributed by atoms with Gasteiger partial charge in [-0.3, -0.25) is 4.57 Å². The van der Waals surface area contributed by atoms with Crippen LogP contribution in [-0.4, -0.2) is 43.6 Å². The van der Waals surface area contributed by atoms with Gasteiger partial charge in [0.1, 0.15) is 39.3 Å². The largest absolute Gasteiger partial charge is 0.464 e. The summed E-state index contributed by atoms with van der Waals surface area (Å²) in [6, 6.07) is 160. The maximum absolute atomic E-state index is 6.60. The molecule has 0 bridgehead atoms. The molecule has 30 aromatic rings. The molecule has 0 radical (unpaired) electrons. The third kappa shape index (κ3) is 13.4. The maximum Gasteiger partial charge on any atom is 0.235 e. The van der Waals surface area contributed by atoms with Gasteiger partial charge in [0, 0.05) is 109 Å². The minimum absolute atomic E-state index is 0.628. The summed E-state index contributed by atoms with van der Waals surface area (Å²) < 4.78 is 32.4. The molecule has 0 N–H and O–H groups in total. The van der Waals surface area contributed by atoms with Crippen molar-refractivity contribution < 1.29 is 17.7 Å². The summed E-state index contributed by atoms with van der Waals surface area (Å²) in [5.41, 5.74) is 30.2. The number of fused-ring (bicyclic) bond motifs is 25. The third-order valence-electron chi connectivity index (χ3n) is 27.7. The molecule has 20 aromatic carbocycles. The fourth-order valence-electron chi connectivity index (χ4n) is 21.2. The van der Waals surface area contributed by atoms with Crippen molar-refractivity contribution in [1.29, 1.82) is 0 Å². The second-order valence-electron chi connectivity index (χ2n) is 35.8. The molecule has 658 valence electrons. The summed E-state index contributed by atoms with van der Waals surface area (Å²) in [6.45, 7) is 0. The van der Waals surface area contributed by atoms with Crippen molar-refractivity contribution in [3.8, 4) is 107 Å². The zero-order valence-corrected chi connectivity index (χ0v) is 75.6. The molecule has 0 saturated carbocycles. The zero-order valence-electron chi connectivity index (χ0n) is 75.6. The van der Waals surface area contributed by atoms with Crippen molar-refractivity contribution in [1.82, 2.24) is 43.6 Å². The summed E-state index contributed by atoms with van der Waals surface area (Å²) in [6.07, 6.45) is 1.71. The van der Waals surface area contributed by atoms with E-state index in [1.165, 1.54) is 27.5 Å². The topological polar surface area (TPSA) is 145 Å². The molecule has 141 heavy (non-hydrogen) atoms. The minimum atomic E-state index is 0.628. The summed E-state index contributed by atoms with van der Waals surface area (Å²) in [4.78, 5) is 30.7. The normalized spacial score (nSPS) is 11.8. The van der Waals surface area contributed by atoms with E-state index in [0.29, 0.717) is 17.6 Å². The van der Waals surface area contributed by atoms with Gasteiger partial charge in [-0.2, -0.15) is 0 Å². The summed E-state index contributed by atoms with van der Waals surface area (Å²) in [7, 11) is 0. The van der Waals surface area contributed by atoms with Gasteiger partial charge in [0.25, 0.3) is 0 Å². The van der Waals surface area contributed by atoms with Crippen LogP contribution in [0.1, 0.15) is 0 Å². The molecular weight excluding hydrogens is 1730 g/mol. The molecule has 0 aliphatic carbocycles. The number of hydrogen-bond acceptors (Lipinski definition) is 10. The lowest BCUT2D eigenvalue weighted by molar-refractivity contribution is 0.582. The van der Waals surface area contributed by atoms with Crippen LogP contribution in [0.25, 0.3) is 282 Å². The molecular formula is C128H77N9O4. The van der Waals surface area contributed by atoms with Gasteiger partial charge < -0.3 is 26.8 Å². The Labute approximate surface area is 805 Å². The molecule has 0 aliphatic heterocycles. The lowest BCUT2D eigenvalue weighted by atomic mass is 9.97. The van der Waals surface area contributed by atoms with Crippen LogP contribution in [0.3, 0.4) is 0 Å². The van der Waals surface area contributed by atoms with Crippen LogP contribution in [0, 0.1) is 0 Å². The molecule has 0 aliphatic rings. The van der Waals surface area contributed by atoms with Gasteiger partial charge in [-0.25, -0.2) is 29.9 Å². The number of nitrogens with zero attached hydrogens (tertiary/aromatic N) is 9. The van der Waals surface area contributed by atoms with E-state index in [9.17, 15) is 0 Å². The van der Waals surface area contributed by atoms with Gasteiger partial charge in [0.05, 0.1) is 89.2 Å². The molecule has 0 amide bonds. The Morgan fingerprint density at radius 3 is 1.00 bits per heavy atom. The van der Waals surface area contributed by atoms with Crippen LogP contribution in [-0.2, 0) is 0 Å². The molecule has 0 saturated heterocycles. The van der Waals surface area contributed by atoms with Crippen LogP contribution in [0.4, 0.5) is 0 Å². The predicted molar refractivity (Wildman–Crippen MR) is 577 cm³/mol. The molecule has 0 spiro atoms. The summed E-state index contributed by atoms with van der Waals surface area (Å²) in [5.74, 6) is 2.86. The number of aromatic nitrogens is 9. The van der Waals surface area contributed by atoms with Crippen molar-refractivity contribution in [3.05, 3.63) is 467 Å². The Morgan fingerprint density at radius 2 is 0.539 bits per heavy atom. The molecule has 0 fully saturated rings. The Bertz CT molecular complexity index is 10200. The van der Waals surface area contributed by atoms with Gasteiger partial charge in [-0.05, 0) is 185 Å². The Kier molecular flexibility index (Phi) is 18.7. The van der Waals surface area contributed by atoms with E-state index in [0.717, 1.165) is 237 Å². The third-order valence-corrected chi connectivity index (χ3v) is 27.7. The van der Waals surface area contributed by atoms with Crippen LogP contribution >= 0.6 is 0 Å². The molecule has 13 nitrogen and oxygen atoms in total. The average Bonchev–Trinajstić information content (AvgIpc) is 1.57. The highest BCUT2D eigenvalue weighted by molar-refractivity contribution is 6.27. The Morgan fingerprint density at radius 1 is 0.191 bits per heavy atom. The first kappa shape index (κ1) is 80.2. The van der Waals surface area contributed by atoms with Gasteiger partial charge in [0.15, 0.2) is 11.6 Å². The summed E-state index contributed by atoms with van der Waals surface area (Å²) in [5, 5.41) is 18.9. The minimum Gasteiger partial charge on any atom is -0.464 e. The summed E-state index contributed by atoms with van der Waals surface area (Å²) >= 11 is 0. The van der Waals surface area contributed by atoms with Crippen LogP contribution in [0.15, 0.2) is 485 Å². The lowest BCUT2D eigenvalue weighted by Crippen LogP contribution is -2.03. The van der Waals surface area contributed by atoms with Crippen molar-refractivity contribution in [3.63, 3.8) is 0 Å². The molecule has 30 rings (SSSR count). The van der Waals surface area contributed by atoms with E-state index in [1.807, 2.05) is 115 Å². The SMILES string of the molecule is c1ccc(-c2ccc3c4c5oc6ccccc6c5ccc4n(-c4ccc(-c5nc(-c6ccccc6)c6ccccc6n5)cc4)c3c2)cc1.c1ccc(-c2nc(-c3ccc(-n4c5cc(-c6ccco6)ccc5c5c6oc7ccccc7c6ccc54)cc3)nc3ccccc23)cc1.c1ccc(-c2nc(-n3c4cc(-c5cccc6ccccc56)ccc4c4c5oc6ccccc6c5ccc43)nc3ccccc23)cc1. The fourth-order valence-corrected chi connectivity index (χ4v) is 21.2. The standard InChI is InChI=1S/C44H27N3O.C42H25N3O2.C42H25N3O/c1-3-11-28(12-4-1)31-21-24-36-39(27-31)47(38-26-25-34-33-15-8-10-18-40(33)48-43(34)41(36)38)32-22-19-30(20-23-32)44-45-37-17-9-7-16-35(37)42(46-44)29-13-5-2-6-14-29;1-2-9-26(10-3-1)40-32-12-4-6-13-34(32)43-42(44-40)27-16-19-29(20-17-27)45-35-23-22-31-30-11-5-7-14-38(30)47-41(31)39(35)33-21-18-28(25-36(33)45)37-15-8-24-46-37;1-2-12-27(13-3-1)40-33-17-6-8-19-35(33)43-42(44-40)45-36-24-23-32-31-16-7-9-20-38(31)46-41(32)39(36)34-22-21-28(25-37(34)45)30-18-10-14-26-11-4-5-15-29(26)30/h1-27H;1-25H;1-25H. The fraction of sp³-hybridized carbons (Fsp3) is 0. The molecule has 0 atom stereocenters. The van der Waals surface area contributed by atoms with Crippen LogP contribution < -0.4 is 0 Å². The van der Waals surface area contributed by atoms with Crippen molar-refractivity contribution in [2.24, 2.45) is 0 Å². The van der Waals surface area contributed by atoms with Gasteiger partial charge in [-0.1, -0.05) is 309 Å². The van der Waals surface area contributed by atoms with Crippen molar-refractivity contribution in [2.75, 3.05) is 0 Å². The maximum atomic E-state index is 6.60. The number of hydrogen-bond donors (Lipinski definition) is 0. The molecule has 10 heterocycles. The van der Waals surface area contributed by atoms with E-state index in [-0.39, 0.29) is 0 Å². The number of furan rings is 4. The second kappa shape index (κ2) is 32.8. The first-order valence-corrected chi connectivity index (χ1v) is 47.3. The predicted octanol–water partition coefficient (Wildman–Crippen LogP) is 34.0. The average molecular weight is 1810 g/mol. The highest BCUT2D eigenvalue weighted by Gasteiger charge is 2.27. The van der Waals surface area contributed by atoms with E-state index in [4.69, 9.17) is 47.6 Å². The second-order valence-corrected chi connectivity index (χ2v) is 35.8.